The quantitative estimate of drug-likeness (QED) is 0.622. The molecule has 0 aromatic rings. The molecular weight excluding hydrogens is 152 g/mol. The lowest BCUT2D eigenvalue weighted by Gasteiger charge is -2.12. The topological polar surface area (TPSA) is 35.5 Å². The second-order valence-corrected chi connectivity index (χ2v) is 3.92. The first-order valence-corrected chi connectivity index (χ1v) is 4.76. The van der Waals surface area contributed by atoms with Crippen LogP contribution in [0.4, 0.5) is 0 Å². The minimum Gasteiger partial charge on any atom is -0.392 e. The average molecular weight is 172 g/mol. The van der Waals surface area contributed by atoms with Gasteiger partial charge in [0.15, 0.2) is 0 Å². The number of nitrogens with zero attached hydrogens (tertiary/aromatic N) is 1. The first-order chi connectivity index (χ1) is 5.68. The van der Waals surface area contributed by atoms with Gasteiger partial charge in [-0.1, -0.05) is 0 Å². The summed E-state index contributed by atoms with van der Waals surface area (Å²) >= 11 is 0. The van der Waals surface area contributed by atoms with Crippen LogP contribution >= 0.6 is 0 Å². The van der Waals surface area contributed by atoms with Gasteiger partial charge in [-0.3, -0.25) is 0 Å². The third-order valence-corrected chi connectivity index (χ3v) is 2.36. The summed E-state index contributed by atoms with van der Waals surface area (Å²) in [7, 11) is 2.16. The number of aliphatic hydroxyl groups excluding tert-OH is 1. The van der Waals surface area contributed by atoms with E-state index in [9.17, 15) is 0 Å². The molecule has 1 fully saturated rings. The van der Waals surface area contributed by atoms with Crippen molar-refractivity contribution in [2.45, 2.75) is 19.4 Å². The van der Waals surface area contributed by atoms with E-state index in [4.69, 9.17) is 5.11 Å². The smallest absolute Gasteiger partial charge is 0.0636 e. The molecule has 0 aromatic heterocycles. The van der Waals surface area contributed by atoms with Gasteiger partial charge in [-0.15, -0.1) is 0 Å². The van der Waals surface area contributed by atoms with Crippen molar-refractivity contribution in [3.8, 4) is 0 Å². The van der Waals surface area contributed by atoms with Gasteiger partial charge in [0, 0.05) is 13.1 Å². The SMILES string of the molecule is CC(O)CNCC1CCN(C)C1. The van der Waals surface area contributed by atoms with E-state index in [1.807, 2.05) is 6.92 Å². The molecule has 0 bridgehead atoms. The standard InChI is InChI=1S/C9H20N2O/c1-8(12)5-10-6-9-3-4-11(2)7-9/h8-10,12H,3-7H2,1-2H3. The minimum absolute atomic E-state index is 0.218. The van der Waals surface area contributed by atoms with Crippen molar-refractivity contribution in [3.63, 3.8) is 0 Å². The summed E-state index contributed by atoms with van der Waals surface area (Å²) in [6.07, 6.45) is 1.08. The van der Waals surface area contributed by atoms with Gasteiger partial charge in [-0.2, -0.15) is 0 Å². The van der Waals surface area contributed by atoms with Crippen LogP contribution in [0.25, 0.3) is 0 Å². The van der Waals surface area contributed by atoms with Crippen molar-refractivity contribution in [3.05, 3.63) is 0 Å². The number of hydrogen-bond donors (Lipinski definition) is 2. The Labute approximate surface area is 74.8 Å². The van der Waals surface area contributed by atoms with Crippen molar-refractivity contribution in [1.82, 2.24) is 10.2 Å². The van der Waals surface area contributed by atoms with E-state index in [-0.39, 0.29) is 6.10 Å². The van der Waals surface area contributed by atoms with E-state index in [1.54, 1.807) is 0 Å². The zero-order chi connectivity index (χ0) is 8.97. The molecule has 0 aliphatic carbocycles. The molecule has 72 valence electrons. The van der Waals surface area contributed by atoms with Crippen LogP contribution in [0.1, 0.15) is 13.3 Å². The molecule has 1 aliphatic rings. The van der Waals surface area contributed by atoms with Crippen LogP contribution in [0.3, 0.4) is 0 Å². The Hall–Kier alpha value is -0.120. The average Bonchev–Trinajstić information content (AvgIpc) is 2.35. The molecule has 0 aromatic carbocycles. The summed E-state index contributed by atoms with van der Waals surface area (Å²) in [5.74, 6) is 0.786. The van der Waals surface area contributed by atoms with Crippen LogP contribution in [0.5, 0.6) is 0 Å². The Morgan fingerprint density at radius 1 is 1.67 bits per heavy atom. The van der Waals surface area contributed by atoms with Crippen molar-refractivity contribution in [2.24, 2.45) is 5.92 Å². The fraction of sp³-hybridized carbons (Fsp3) is 1.00. The molecule has 3 heteroatoms. The van der Waals surface area contributed by atoms with Gasteiger partial charge in [0.25, 0.3) is 0 Å². The highest BCUT2D eigenvalue weighted by atomic mass is 16.3. The molecule has 2 unspecified atom stereocenters. The summed E-state index contributed by atoms with van der Waals surface area (Å²) in [5, 5.41) is 12.3. The molecule has 12 heavy (non-hydrogen) atoms. The summed E-state index contributed by atoms with van der Waals surface area (Å²) in [6, 6.07) is 0. The van der Waals surface area contributed by atoms with Gasteiger partial charge in [0.05, 0.1) is 6.10 Å². The largest absolute Gasteiger partial charge is 0.392 e. The third-order valence-electron chi connectivity index (χ3n) is 2.36. The summed E-state index contributed by atoms with van der Waals surface area (Å²) < 4.78 is 0. The van der Waals surface area contributed by atoms with Crippen LogP contribution in [0.15, 0.2) is 0 Å². The Balaban J connectivity index is 2.00. The molecule has 1 saturated heterocycles. The Morgan fingerprint density at radius 2 is 2.42 bits per heavy atom. The van der Waals surface area contributed by atoms with E-state index in [0.29, 0.717) is 0 Å². The maximum Gasteiger partial charge on any atom is 0.0636 e. The van der Waals surface area contributed by atoms with Crippen molar-refractivity contribution in [2.75, 3.05) is 33.2 Å². The molecule has 0 amide bonds. The van der Waals surface area contributed by atoms with Gasteiger partial charge >= 0.3 is 0 Å². The zero-order valence-corrected chi connectivity index (χ0v) is 8.08. The molecule has 1 aliphatic heterocycles. The lowest BCUT2D eigenvalue weighted by atomic mass is 10.1. The highest BCUT2D eigenvalue weighted by Gasteiger charge is 2.18. The molecule has 2 atom stereocenters. The Morgan fingerprint density at radius 3 is 2.92 bits per heavy atom. The van der Waals surface area contributed by atoms with E-state index in [0.717, 1.165) is 19.0 Å². The van der Waals surface area contributed by atoms with Crippen molar-refractivity contribution in [1.29, 1.82) is 0 Å². The van der Waals surface area contributed by atoms with Crippen LogP contribution in [0.2, 0.25) is 0 Å². The van der Waals surface area contributed by atoms with Crippen LogP contribution < -0.4 is 5.32 Å². The molecule has 0 spiro atoms. The van der Waals surface area contributed by atoms with Crippen LogP contribution in [-0.4, -0.2) is 49.3 Å². The lowest BCUT2D eigenvalue weighted by Crippen LogP contribution is -2.30. The molecule has 1 heterocycles. The number of rotatable bonds is 4. The van der Waals surface area contributed by atoms with Gasteiger partial charge in [0.1, 0.15) is 0 Å². The Bertz CT molecular complexity index is 128. The predicted octanol–water partition coefficient (Wildman–Crippen LogP) is -0.0915. The van der Waals surface area contributed by atoms with Crippen LogP contribution in [0, 0.1) is 5.92 Å². The molecule has 0 saturated carbocycles. The number of nitrogens with one attached hydrogen (secondary N) is 1. The molecule has 1 rings (SSSR count). The minimum atomic E-state index is -0.218. The number of likely N-dealkylation sites (tertiary alicyclic amines) is 1. The van der Waals surface area contributed by atoms with E-state index >= 15 is 0 Å². The second-order valence-electron chi connectivity index (χ2n) is 3.92. The third kappa shape index (κ3) is 3.52. The van der Waals surface area contributed by atoms with Gasteiger partial charge in [-0.25, -0.2) is 0 Å². The van der Waals surface area contributed by atoms with E-state index in [2.05, 4.69) is 17.3 Å². The van der Waals surface area contributed by atoms with E-state index in [1.165, 1.54) is 19.5 Å². The first-order valence-electron chi connectivity index (χ1n) is 4.76. The predicted molar refractivity (Wildman–Crippen MR) is 50.2 cm³/mol. The van der Waals surface area contributed by atoms with Crippen molar-refractivity contribution < 1.29 is 5.11 Å². The molecule has 2 N–H and O–H groups in total. The highest BCUT2D eigenvalue weighted by Crippen LogP contribution is 2.12. The lowest BCUT2D eigenvalue weighted by molar-refractivity contribution is 0.189. The second kappa shape index (κ2) is 4.80. The molecule has 0 radical (unpaired) electrons. The van der Waals surface area contributed by atoms with Gasteiger partial charge in [0.2, 0.25) is 0 Å². The molecular formula is C9H20N2O. The maximum atomic E-state index is 9.01. The highest BCUT2D eigenvalue weighted by molar-refractivity contribution is 4.74. The Kier molecular flexibility index (Phi) is 3.98. The number of hydrogen-bond acceptors (Lipinski definition) is 3. The summed E-state index contributed by atoms with van der Waals surface area (Å²) in [5.41, 5.74) is 0. The fourth-order valence-corrected chi connectivity index (χ4v) is 1.69. The van der Waals surface area contributed by atoms with E-state index < -0.39 is 0 Å². The van der Waals surface area contributed by atoms with Gasteiger partial charge in [-0.05, 0) is 39.4 Å². The first kappa shape index (κ1) is 9.96. The summed E-state index contributed by atoms with van der Waals surface area (Å²) in [6.45, 7) is 6.01. The van der Waals surface area contributed by atoms with Crippen LogP contribution in [-0.2, 0) is 0 Å². The zero-order valence-electron chi connectivity index (χ0n) is 8.08. The maximum absolute atomic E-state index is 9.01. The number of aliphatic hydroxyl groups is 1. The normalized spacial score (nSPS) is 27.8. The fourth-order valence-electron chi connectivity index (χ4n) is 1.69. The molecule has 3 nitrogen and oxygen atoms in total. The summed E-state index contributed by atoms with van der Waals surface area (Å²) in [4.78, 5) is 2.36. The monoisotopic (exact) mass is 172 g/mol. The van der Waals surface area contributed by atoms with Crippen molar-refractivity contribution >= 4 is 0 Å². The van der Waals surface area contributed by atoms with Gasteiger partial charge < -0.3 is 15.3 Å².